The summed E-state index contributed by atoms with van der Waals surface area (Å²) in [6.45, 7) is 13.7. The van der Waals surface area contributed by atoms with Gasteiger partial charge in [0.25, 0.3) is 0 Å². The van der Waals surface area contributed by atoms with Crippen molar-refractivity contribution in [1.82, 2.24) is 0 Å². The lowest BCUT2D eigenvalue weighted by molar-refractivity contribution is -0.332. The van der Waals surface area contributed by atoms with E-state index in [4.69, 9.17) is 42.6 Å². The van der Waals surface area contributed by atoms with Crippen molar-refractivity contribution in [3.63, 3.8) is 0 Å². The topological polar surface area (TPSA) is 151 Å². The van der Waals surface area contributed by atoms with E-state index in [0.29, 0.717) is 19.3 Å². The van der Waals surface area contributed by atoms with Crippen molar-refractivity contribution in [2.45, 2.75) is 143 Å². The molecule has 2 aliphatic rings. The van der Waals surface area contributed by atoms with Gasteiger partial charge in [0, 0.05) is 0 Å². The Kier molecular flexibility index (Phi) is 18.5. The monoisotopic (exact) mass is 860 g/mol. The minimum absolute atomic E-state index is 0.0343. The summed E-state index contributed by atoms with van der Waals surface area (Å²) in [5, 5.41) is 0. The molecular weight excluding hydrogens is 797 g/mol. The van der Waals surface area contributed by atoms with Gasteiger partial charge >= 0.3 is 23.9 Å². The van der Waals surface area contributed by atoms with E-state index < -0.39 is 103 Å². The highest BCUT2D eigenvalue weighted by atomic mass is 16.8. The van der Waals surface area contributed by atoms with Crippen molar-refractivity contribution in [3.05, 3.63) is 108 Å². The number of aryl methyl sites for hydroxylation is 1. The van der Waals surface area contributed by atoms with Crippen molar-refractivity contribution in [3.8, 4) is 0 Å². The van der Waals surface area contributed by atoms with Crippen molar-refractivity contribution in [2.75, 3.05) is 6.61 Å². The average Bonchev–Trinajstić information content (AvgIpc) is 3.56. The number of rotatable bonds is 21. The summed E-state index contributed by atoms with van der Waals surface area (Å²) in [6.07, 6.45) is -8.69. The number of ether oxygens (including phenoxy) is 9. The summed E-state index contributed by atoms with van der Waals surface area (Å²) < 4.78 is 57.5. The van der Waals surface area contributed by atoms with Gasteiger partial charge in [-0.15, -0.1) is 0 Å². The SMILES string of the molecule is CC(C)C(=O)OC1O[C@H](CCCc2ccccc2)[C@@H](O[C@H]2O[C@H](COCc3ccccc3)[C@@H](OC(=O)C(C)C)[C@H](OC(=O)C(C)C)[C@H]2OCc2ccccc2)[C@H]1OC(=O)C(C)C. The average molecular weight is 861 g/mol. The quantitative estimate of drug-likeness (QED) is 0.0767. The summed E-state index contributed by atoms with van der Waals surface area (Å²) in [7, 11) is 0. The van der Waals surface area contributed by atoms with Crippen LogP contribution in [-0.4, -0.2) is 85.8 Å². The van der Waals surface area contributed by atoms with Crippen LogP contribution in [0.15, 0.2) is 91.0 Å². The van der Waals surface area contributed by atoms with Crippen molar-refractivity contribution < 1.29 is 61.8 Å². The van der Waals surface area contributed by atoms with Crippen molar-refractivity contribution in [2.24, 2.45) is 23.7 Å². The molecule has 0 saturated carbocycles. The van der Waals surface area contributed by atoms with Crippen LogP contribution in [0.2, 0.25) is 0 Å². The van der Waals surface area contributed by atoms with E-state index in [0.717, 1.165) is 16.7 Å². The molecule has 5 rings (SSSR count). The van der Waals surface area contributed by atoms with E-state index in [2.05, 4.69) is 0 Å². The van der Waals surface area contributed by atoms with Crippen LogP contribution >= 0.6 is 0 Å². The van der Waals surface area contributed by atoms with Crippen LogP contribution in [-0.2, 0) is 81.4 Å². The molecule has 1 unspecified atom stereocenters. The third kappa shape index (κ3) is 13.9. The largest absolute Gasteiger partial charge is 0.455 e. The molecule has 2 aliphatic heterocycles. The molecule has 13 heteroatoms. The second kappa shape index (κ2) is 23.7. The smallest absolute Gasteiger partial charge is 0.310 e. The Bertz CT molecular complexity index is 1830. The zero-order chi connectivity index (χ0) is 44.8. The van der Waals surface area contributed by atoms with Crippen LogP contribution in [0.1, 0.15) is 84.9 Å². The Morgan fingerprint density at radius 2 is 0.935 bits per heavy atom. The lowest BCUT2D eigenvalue weighted by atomic mass is 9.96. The van der Waals surface area contributed by atoms with Gasteiger partial charge in [0.05, 0.1) is 49.6 Å². The molecule has 2 heterocycles. The summed E-state index contributed by atoms with van der Waals surface area (Å²) in [5.41, 5.74) is 2.82. The fraction of sp³-hybridized carbons (Fsp3) is 0.551. The van der Waals surface area contributed by atoms with Crippen LogP contribution in [0.3, 0.4) is 0 Å². The fourth-order valence-corrected chi connectivity index (χ4v) is 6.89. The molecule has 0 aliphatic carbocycles. The maximum absolute atomic E-state index is 13.6. The first kappa shape index (κ1) is 48.4. The Morgan fingerprint density at radius 3 is 1.47 bits per heavy atom. The maximum Gasteiger partial charge on any atom is 0.310 e. The zero-order valence-electron chi connectivity index (χ0n) is 37.2. The second-order valence-electron chi connectivity index (χ2n) is 17.1. The normalized spacial score (nSPS) is 24.9. The molecule has 62 heavy (non-hydrogen) atoms. The summed E-state index contributed by atoms with van der Waals surface area (Å²) >= 11 is 0. The molecule has 0 spiro atoms. The number of hydrogen-bond acceptors (Lipinski definition) is 13. The summed E-state index contributed by atoms with van der Waals surface area (Å²) in [5.74, 6) is -4.35. The van der Waals surface area contributed by atoms with Gasteiger partial charge in [0.2, 0.25) is 6.29 Å². The Morgan fingerprint density at radius 1 is 0.484 bits per heavy atom. The number of esters is 4. The van der Waals surface area contributed by atoms with Gasteiger partial charge in [0.15, 0.2) is 24.6 Å². The maximum atomic E-state index is 13.6. The molecule has 0 N–H and O–H groups in total. The van der Waals surface area contributed by atoms with Crippen molar-refractivity contribution >= 4 is 23.9 Å². The molecule has 338 valence electrons. The molecule has 0 radical (unpaired) electrons. The first-order valence-electron chi connectivity index (χ1n) is 21.8. The Hall–Kier alpha value is -4.66. The van der Waals surface area contributed by atoms with Crippen molar-refractivity contribution in [1.29, 1.82) is 0 Å². The highest BCUT2D eigenvalue weighted by molar-refractivity contribution is 5.73. The lowest BCUT2D eigenvalue weighted by Gasteiger charge is -2.46. The molecule has 2 saturated heterocycles. The molecule has 0 bridgehead atoms. The minimum Gasteiger partial charge on any atom is -0.455 e. The van der Waals surface area contributed by atoms with Gasteiger partial charge in [-0.05, 0) is 36.0 Å². The summed E-state index contributed by atoms with van der Waals surface area (Å²) in [6, 6.07) is 28.9. The van der Waals surface area contributed by atoms with E-state index in [1.165, 1.54) is 0 Å². The third-order valence-corrected chi connectivity index (χ3v) is 10.5. The molecule has 3 aromatic carbocycles. The second-order valence-corrected chi connectivity index (χ2v) is 17.1. The van der Waals surface area contributed by atoms with Gasteiger partial charge < -0.3 is 42.6 Å². The first-order chi connectivity index (χ1) is 29.7. The standard InChI is InChI=1S/C49H64O13/c1-30(2)44(50)58-40-38(29-54-27-35-21-14-10-15-22-35)57-48(42(41(40)59-45(51)31(3)4)55-28-36-23-16-11-17-24-36)61-39-37(26-18-25-34-19-12-9-13-20-34)56-49(62-47(53)33(7)8)43(39)60-46(52)32(5)6/h9-17,19-24,30-33,37-43,48-49H,18,25-29H2,1-8H3/t37-,38-,39-,40-,41+,42-,43-,48-,49?/m1/s1. The molecule has 0 aromatic heterocycles. The molecule has 2 fully saturated rings. The van der Waals surface area contributed by atoms with Gasteiger partial charge in [-0.1, -0.05) is 146 Å². The molecular formula is C49H64O13. The van der Waals surface area contributed by atoms with Crippen LogP contribution in [0.5, 0.6) is 0 Å². The Balaban J connectivity index is 1.58. The minimum atomic E-state index is -1.35. The van der Waals surface area contributed by atoms with Gasteiger partial charge in [-0.25, -0.2) is 0 Å². The molecule has 0 amide bonds. The number of carbonyl (C=O) groups is 4. The first-order valence-corrected chi connectivity index (χ1v) is 21.8. The lowest BCUT2D eigenvalue weighted by Crippen LogP contribution is -2.64. The Labute approximate surface area is 366 Å². The van der Waals surface area contributed by atoms with Crippen LogP contribution in [0.4, 0.5) is 0 Å². The van der Waals surface area contributed by atoms with Gasteiger partial charge in [0.1, 0.15) is 18.3 Å². The molecule has 3 aromatic rings. The molecule has 9 atom stereocenters. The van der Waals surface area contributed by atoms with Gasteiger partial charge in [-0.3, -0.25) is 19.2 Å². The van der Waals surface area contributed by atoms with E-state index >= 15 is 0 Å². The van der Waals surface area contributed by atoms with E-state index in [1.54, 1.807) is 55.4 Å². The zero-order valence-corrected chi connectivity index (χ0v) is 37.2. The number of benzene rings is 3. The van der Waals surface area contributed by atoms with Crippen LogP contribution in [0, 0.1) is 23.7 Å². The predicted molar refractivity (Wildman–Crippen MR) is 228 cm³/mol. The van der Waals surface area contributed by atoms with E-state index in [-0.39, 0.29) is 19.8 Å². The van der Waals surface area contributed by atoms with E-state index in [1.807, 2.05) is 91.0 Å². The van der Waals surface area contributed by atoms with Crippen LogP contribution < -0.4 is 0 Å². The molecule has 13 nitrogen and oxygen atoms in total. The third-order valence-electron chi connectivity index (χ3n) is 10.5. The predicted octanol–water partition coefficient (Wildman–Crippen LogP) is 7.55. The highest BCUT2D eigenvalue weighted by Crippen LogP contribution is 2.37. The van der Waals surface area contributed by atoms with Crippen LogP contribution in [0.25, 0.3) is 0 Å². The highest BCUT2D eigenvalue weighted by Gasteiger charge is 2.57. The fourth-order valence-electron chi connectivity index (χ4n) is 6.89. The van der Waals surface area contributed by atoms with E-state index in [9.17, 15) is 19.2 Å². The van der Waals surface area contributed by atoms with Gasteiger partial charge in [-0.2, -0.15) is 0 Å². The number of carbonyl (C=O) groups excluding carboxylic acids is 4. The number of hydrogen-bond donors (Lipinski definition) is 0. The summed E-state index contributed by atoms with van der Waals surface area (Å²) in [4.78, 5) is 53.6.